The minimum Gasteiger partial charge on any atom is -0.354 e. The van der Waals surface area contributed by atoms with E-state index < -0.39 is 0 Å². The van der Waals surface area contributed by atoms with E-state index in [2.05, 4.69) is 22.5 Å². The van der Waals surface area contributed by atoms with Gasteiger partial charge in [-0.3, -0.25) is 14.7 Å². The number of unbranched alkanes of at least 4 members (excludes halogenated alkanes) is 1. The molecule has 0 aromatic rings. The van der Waals surface area contributed by atoms with Crippen LogP contribution in [0.4, 0.5) is 4.79 Å². The maximum absolute atomic E-state index is 11.4. The molecule has 0 unspecified atom stereocenters. The molecular weight excluding hydrogens is 373 g/mol. The number of amides is 3. The maximum Gasteiger partial charge on any atom is 0.324 e. The third-order valence-electron chi connectivity index (χ3n) is 2.98. The molecule has 1 heterocycles. The molecule has 0 radical (unpaired) electrons. The van der Waals surface area contributed by atoms with E-state index in [0.29, 0.717) is 13.1 Å². The summed E-state index contributed by atoms with van der Waals surface area (Å²) in [6, 6.07) is -0.318. The van der Waals surface area contributed by atoms with Crippen LogP contribution < -0.4 is 10.6 Å². The zero-order chi connectivity index (χ0) is 14.3. The van der Waals surface area contributed by atoms with Crippen molar-refractivity contribution in [1.29, 1.82) is 0 Å². The summed E-state index contributed by atoms with van der Waals surface area (Å²) < 4.78 is 0. The molecule has 0 aliphatic carbocycles. The van der Waals surface area contributed by atoms with Crippen molar-refractivity contribution in [3.63, 3.8) is 0 Å². The number of hydrogen-bond donors (Lipinski definition) is 2. The van der Waals surface area contributed by atoms with Crippen LogP contribution >= 0.6 is 24.0 Å². The minimum atomic E-state index is -0.318. The molecular formula is C12H24IN5O2. The molecule has 20 heavy (non-hydrogen) atoms. The van der Waals surface area contributed by atoms with Gasteiger partial charge in [0.1, 0.15) is 0 Å². The van der Waals surface area contributed by atoms with Crippen LogP contribution in [0.3, 0.4) is 0 Å². The van der Waals surface area contributed by atoms with E-state index in [1.165, 1.54) is 4.90 Å². The molecule has 8 heteroatoms. The number of nitrogens with one attached hydrogen (secondary N) is 2. The standard InChI is InChI=1S/C12H23N5O2.HI/c1-4-5-7-16(3)11(13-2)14-6-8-17-10(18)9-15-12(17)19;/h4-9H2,1-3H3,(H,13,14)(H,15,19);1H. The van der Waals surface area contributed by atoms with Crippen LogP contribution in [0.5, 0.6) is 0 Å². The van der Waals surface area contributed by atoms with Gasteiger partial charge in [-0.25, -0.2) is 4.79 Å². The molecule has 0 bridgehead atoms. The summed E-state index contributed by atoms with van der Waals surface area (Å²) in [4.78, 5) is 30.1. The van der Waals surface area contributed by atoms with E-state index in [1.54, 1.807) is 7.05 Å². The Balaban J connectivity index is 0.00000361. The van der Waals surface area contributed by atoms with Crippen LogP contribution in [0.25, 0.3) is 0 Å². The highest BCUT2D eigenvalue weighted by Crippen LogP contribution is 1.97. The summed E-state index contributed by atoms with van der Waals surface area (Å²) in [6.45, 7) is 4.03. The van der Waals surface area contributed by atoms with Crippen molar-refractivity contribution in [2.24, 2.45) is 4.99 Å². The Kier molecular flexibility index (Phi) is 9.26. The highest BCUT2D eigenvalue weighted by molar-refractivity contribution is 14.0. The van der Waals surface area contributed by atoms with Crippen LogP contribution in [0, 0.1) is 0 Å². The molecule has 7 nitrogen and oxygen atoms in total. The number of aliphatic imine (C=N–C) groups is 1. The van der Waals surface area contributed by atoms with Gasteiger partial charge in [-0.05, 0) is 6.42 Å². The molecule has 1 saturated heterocycles. The lowest BCUT2D eigenvalue weighted by atomic mass is 10.3. The monoisotopic (exact) mass is 397 g/mol. The van der Waals surface area contributed by atoms with E-state index >= 15 is 0 Å². The highest BCUT2D eigenvalue weighted by Gasteiger charge is 2.27. The number of halogens is 1. The van der Waals surface area contributed by atoms with Crippen molar-refractivity contribution in [2.45, 2.75) is 19.8 Å². The van der Waals surface area contributed by atoms with Gasteiger partial charge in [-0.1, -0.05) is 13.3 Å². The van der Waals surface area contributed by atoms with Gasteiger partial charge in [-0.15, -0.1) is 24.0 Å². The highest BCUT2D eigenvalue weighted by atomic mass is 127. The van der Waals surface area contributed by atoms with E-state index in [9.17, 15) is 9.59 Å². The number of carbonyl (C=O) groups is 2. The molecule has 0 aromatic heterocycles. The Labute approximate surface area is 137 Å². The Morgan fingerprint density at radius 1 is 1.50 bits per heavy atom. The van der Waals surface area contributed by atoms with Crippen molar-refractivity contribution in [3.8, 4) is 0 Å². The second-order valence-electron chi connectivity index (χ2n) is 4.45. The first kappa shape index (κ1) is 18.9. The Bertz CT molecular complexity index is 346. The molecule has 116 valence electrons. The summed E-state index contributed by atoms with van der Waals surface area (Å²) in [5, 5.41) is 5.64. The number of guanidine groups is 1. The summed E-state index contributed by atoms with van der Waals surface area (Å²) >= 11 is 0. The average Bonchev–Trinajstić information content (AvgIpc) is 2.72. The summed E-state index contributed by atoms with van der Waals surface area (Å²) in [7, 11) is 3.69. The lowest BCUT2D eigenvalue weighted by molar-refractivity contribution is -0.124. The largest absolute Gasteiger partial charge is 0.354 e. The molecule has 1 aliphatic heterocycles. The molecule has 0 spiro atoms. The number of carbonyl (C=O) groups excluding carboxylic acids is 2. The Morgan fingerprint density at radius 2 is 2.20 bits per heavy atom. The fourth-order valence-electron chi connectivity index (χ4n) is 1.85. The molecule has 0 saturated carbocycles. The average molecular weight is 397 g/mol. The molecule has 3 amide bonds. The molecule has 0 atom stereocenters. The number of imide groups is 1. The first-order chi connectivity index (χ1) is 9.10. The van der Waals surface area contributed by atoms with Gasteiger partial charge in [0, 0.05) is 33.7 Å². The second kappa shape index (κ2) is 9.78. The topological polar surface area (TPSA) is 77.0 Å². The fourth-order valence-corrected chi connectivity index (χ4v) is 1.85. The van der Waals surface area contributed by atoms with Crippen molar-refractivity contribution >= 4 is 41.9 Å². The number of nitrogens with zero attached hydrogens (tertiary/aromatic N) is 3. The third-order valence-corrected chi connectivity index (χ3v) is 2.98. The van der Waals surface area contributed by atoms with Gasteiger partial charge in [0.05, 0.1) is 6.54 Å². The van der Waals surface area contributed by atoms with E-state index in [1.807, 2.05) is 11.9 Å². The minimum absolute atomic E-state index is 0. The number of rotatable bonds is 6. The summed E-state index contributed by atoms with van der Waals surface area (Å²) in [5.74, 6) is 0.599. The van der Waals surface area contributed by atoms with Crippen LogP contribution in [0.15, 0.2) is 4.99 Å². The first-order valence-electron chi connectivity index (χ1n) is 6.60. The van der Waals surface area contributed by atoms with Crippen LogP contribution in [-0.4, -0.2) is 68.0 Å². The van der Waals surface area contributed by atoms with Crippen LogP contribution in [0.1, 0.15) is 19.8 Å². The van der Waals surface area contributed by atoms with E-state index in [0.717, 1.165) is 25.3 Å². The Morgan fingerprint density at radius 3 is 2.70 bits per heavy atom. The maximum atomic E-state index is 11.4. The smallest absolute Gasteiger partial charge is 0.324 e. The van der Waals surface area contributed by atoms with Crippen molar-refractivity contribution in [2.75, 3.05) is 40.3 Å². The lowest BCUT2D eigenvalue weighted by Crippen LogP contribution is -2.44. The SMILES string of the molecule is CCCCN(C)C(=NC)NCCN1C(=O)CNC1=O.I. The fraction of sp³-hybridized carbons (Fsp3) is 0.750. The van der Waals surface area contributed by atoms with Gasteiger partial charge in [0.2, 0.25) is 5.91 Å². The second-order valence-corrected chi connectivity index (χ2v) is 4.45. The number of urea groups is 1. The van der Waals surface area contributed by atoms with Crippen LogP contribution in [-0.2, 0) is 4.79 Å². The van der Waals surface area contributed by atoms with Crippen molar-refractivity contribution < 1.29 is 9.59 Å². The molecule has 1 fully saturated rings. The van der Waals surface area contributed by atoms with Crippen LogP contribution in [0.2, 0.25) is 0 Å². The predicted octanol–water partition coefficient (Wildman–Crippen LogP) is 0.463. The zero-order valence-corrected chi connectivity index (χ0v) is 14.6. The third kappa shape index (κ3) is 5.51. The molecule has 1 rings (SSSR count). The van der Waals surface area contributed by atoms with Gasteiger partial charge < -0.3 is 15.5 Å². The van der Waals surface area contributed by atoms with E-state index in [4.69, 9.17) is 0 Å². The lowest BCUT2D eigenvalue weighted by Gasteiger charge is -2.22. The molecule has 1 aliphatic rings. The molecule has 2 N–H and O–H groups in total. The Hall–Kier alpha value is -1.06. The first-order valence-corrected chi connectivity index (χ1v) is 6.60. The van der Waals surface area contributed by atoms with Gasteiger partial charge in [0.25, 0.3) is 0 Å². The predicted molar refractivity (Wildman–Crippen MR) is 89.4 cm³/mol. The van der Waals surface area contributed by atoms with Gasteiger partial charge >= 0.3 is 6.03 Å². The summed E-state index contributed by atoms with van der Waals surface area (Å²) in [5.41, 5.74) is 0. The summed E-state index contributed by atoms with van der Waals surface area (Å²) in [6.07, 6.45) is 2.23. The van der Waals surface area contributed by atoms with Gasteiger partial charge in [-0.2, -0.15) is 0 Å². The van der Waals surface area contributed by atoms with Gasteiger partial charge in [0.15, 0.2) is 5.96 Å². The number of hydrogen-bond acceptors (Lipinski definition) is 3. The normalized spacial score (nSPS) is 14.9. The zero-order valence-electron chi connectivity index (χ0n) is 12.3. The van der Waals surface area contributed by atoms with Crippen molar-refractivity contribution in [1.82, 2.24) is 20.4 Å². The van der Waals surface area contributed by atoms with Crippen molar-refractivity contribution in [3.05, 3.63) is 0 Å². The molecule has 0 aromatic carbocycles. The van der Waals surface area contributed by atoms with E-state index in [-0.39, 0.29) is 42.5 Å². The quantitative estimate of drug-likeness (QED) is 0.296.